The van der Waals surface area contributed by atoms with E-state index in [0.29, 0.717) is 12.5 Å². The Kier molecular flexibility index (Phi) is 4.40. The molecule has 1 aliphatic heterocycles. The highest BCUT2D eigenvalue weighted by Gasteiger charge is 2.26. The molecule has 2 rings (SSSR count). The molecule has 0 aromatic heterocycles. The molecule has 1 saturated heterocycles. The molecule has 4 heteroatoms. The number of benzene rings is 1. The number of carbonyl (C=O) groups excluding carboxylic acids is 1. The highest BCUT2D eigenvalue weighted by atomic mass is 79.9. The Morgan fingerprint density at radius 1 is 1.50 bits per heavy atom. The number of hydrogen-bond acceptors (Lipinski definition) is 2. The molecule has 1 aliphatic rings. The largest absolute Gasteiger partial charge is 0.337 e. The fourth-order valence-electron chi connectivity index (χ4n) is 2.29. The van der Waals surface area contributed by atoms with Gasteiger partial charge in [-0.15, -0.1) is 0 Å². The molecule has 1 aromatic rings. The van der Waals surface area contributed by atoms with Crippen LogP contribution >= 0.6 is 15.9 Å². The molecule has 1 N–H and O–H groups in total. The van der Waals surface area contributed by atoms with Crippen LogP contribution < -0.4 is 5.32 Å². The standard InChI is InChI=1S/C14H19BrN2O/c1-10-9-17(11(2)8-16-10)14(18)7-12-4-3-5-13(15)6-12/h3-6,10-11,16H,7-9H2,1-2H3. The molecule has 2 atom stereocenters. The molecule has 1 fully saturated rings. The molecular formula is C14H19BrN2O. The molecule has 0 saturated carbocycles. The van der Waals surface area contributed by atoms with E-state index in [-0.39, 0.29) is 11.9 Å². The minimum atomic E-state index is 0.217. The minimum Gasteiger partial charge on any atom is -0.337 e. The van der Waals surface area contributed by atoms with E-state index in [1.54, 1.807) is 0 Å². The lowest BCUT2D eigenvalue weighted by molar-refractivity contribution is -0.133. The van der Waals surface area contributed by atoms with E-state index in [2.05, 4.69) is 35.1 Å². The van der Waals surface area contributed by atoms with Crippen molar-refractivity contribution in [1.82, 2.24) is 10.2 Å². The summed E-state index contributed by atoms with van der Waals surface area (Å²) in [5.41, 5.74) is 1.06. The lowest BCUT2D eigenvalue weighted by atomic mass is 10.1. The molecule has 0 radical (unpaired) electrons. The van der Waals surface area contributed by atoms with Gasteiger partial charge in [0, 0.05) is 29.6 Å². The number of rotatable bonds is 2. The SMILES string of the molecule is CC1CN(C(=O)Cc2cccc(Br)c2)C(C)CN1. The van der Waals surface area contributed by atoms with E-state index in [1.165, 1.54) is 0 Å². The van der Waals surface area contributed by atoms with Crippen molar-refractivity contribution >= 4 is 21.8 Å². The summed E-state index contributed by atoms with van der Waals surface area (Å²) in [6, 6.07) is 8.61. The van der Waals surface area contributed by atoms with E-state index in [1.807, 2.05) is 29.2 Å². The molecule has 0 bridgehead atoms. The third-order valence-electron chi connectivity index (χ3n) is 3.33. The summed E-state index contributed by atoms with van der Waals surface area (Å²) in [6.45, 7) is 5.89. The maximum absolute atomic E-state index is 12.3. The van der Waals surface area contributed by atoms with Crippen LogP contribution in [0.2, 0.25) is 0 Å². The van der Waals surface area contributed by atoms with Crippen molar-refractivity contribution in [1.29, 1.82) is 0 Å². The van der Waals surface area contributed by atoms with Crippen LogP contribution in [0.3, 0.4) is 0 Å². The smallest absolute Gasteiger partial charge is 0.227 e. The van der Waals surface area contributed by atoms with E-state index < -0.39 is 0 Å². The zero-order valence-corrected chi connectivity index (χ0v) is 12.4. The lowest BCUT2D eigenvalue weighted by Gasteiger charge is -2.37. The Morgan fingerprint density at radius 3 is 3.00 bits per heavy atom. The van der Waals surface area contributed by atoms with Gasteiger partial charge in [0.05, 0.1) is 6.42 Å². The Hall–Kier alpha value is -0.870. The second-order valence-electron chi connectivity index (χ2n) is 5.01. The highest BCUT2D eigenvalue weighted by molar-refractivity contribution is 9.10. The van der Waals surface area contributed by atoms with Gasteiger partial charge in [0.15, 0.2) is 0 Å². The lowest BCUT2D eigenvalue weighted by Crippen LogP contribution is -2.56. The third-order valence-corrected chi connectivity index (χ3v) is 3.82. The van der Waals surface area contributed by atoms with Crippen LogP contribution in [0.15, 0.2) is 28.7 Å². The number of nitrogens with zero attached hydrogens (tertiary/aromatic N) is 1. The summed E-state index contributed by atoms with van der Waals surface area (Å²) in [5.74, 6) is 0.217. The zero-order valence-electron chi connectivity index (χ0n) is 10.8. The van der Waals surface area contributed by atoms with Gasteiger partial charge < -0.3 is 10.2 Å². The van der Waals surface area contributed by atoms with Gasteiger partial charge in [0.25, 0.3) is 0 Å². The highest BCUT2D eigenvalue weighted by Crippen LogP contribution is 2.14. The number of piperazine rings is 1. The molecule has 98 valence electrons. The van der Waals surface area contributed by atoms with Gasteiger partial charge in [0.2, 0.25) is 5.91 Å². The second kappa shape index (κ2) is 5.85. The minimum absolute atomic E-state index is 0.217. The molecular weight excluding hydrogens is 292 g/mol. The van der Waals surface area contributed by atoms with Crippen molar-refractivity contribution in [2.75, 3.05) is 13.1 Å². The summed E-state index contributed by atoms with van der Waals surface area (Å²) in [6.07, 6.45) is 0.483. The van der Waals surface area contributed by atoms with Gasteiger partial charge in [-0.3, -0.25) is 4.79 Å². The summed E-state index contributed by atoms with van der Waals surface area (Å²) >= 11 is 3.43. The average molecular weight is 311 g/mol. The van der Waals surface area contributed by atoms with E-state index >= 15 is 0 Å². The molecule has 3 nitrogen and oxygen atoms in total. The Labute approximate surface area is 117 Å². The molecule has 0 aliphatic carbocycles. The van der Waals surface area contributed by atoms with Crippen LogP contribution in [0.25, 0.3) is 0 Å². The normalized spacial score (nSPS) is 24.1. The summed E-state index contributed by atoms with van der Waals surface area (Å²) in [4.78, 5) is 14.3. The van der Waals surface area contributed by atoms with Crippen molar-refractivity contribution in [2.45, 2.75) is 32.4 Å². The topological polar surface area (TPSA) is 32.3 Å². The number of halogens is 1. The summed E-state index contributed by atoms with van der Waals surface area (Å²) < 4.78 is 1.02. The summed E-state index contributed by atoms with van der Waals surface area (Å²) in [5, 5.41) is 3.39. The first-order chi connectivity index (χ1) is 8.56. The molecule has 1 heterocycles. The number of carbonyl (C=O) groups is 1. The maximum atomic E-state index is 12.3. The van der Waals surface area contributed by atoms with Crippen molar-refractivity contribution < 1.29 is 4.79 Å². The number of hydrogen-bond donors (Lipinski definition) is 1. The molecule has 0 spiro atoms. The fraction of sp³-hybridized carbons (Fsp3) is 0.500. The molecule has 1 aromatic carbocycles. The van der Waals surface area contributed by atoms with Crippen LogP contribution in [0.5, 0.6) is 0 Å². The predicted octanol–water partition coefficient (Wildman–Crippen LogP) is 2.20. The van der Waals surface area contributed by atoms with E-state index in [0.717, 1.165) is 23.1 Å². The fourth-order valence-corrected chi connectivity index (χ4v) is 2.74. The third kappa shape index (κ3) is 3.33. The quantitative estimate of drug-likeness (QED) is 0.908. The van der Waals surface area contributed by atoms with E-state index in [4.69, 9.17) is 0 Å². The Bertz CT molecular complexity index is 436. The maximum Gasteiger partial charge on any atom is 0.227 e. The predicted molar refractivity (Wildman–Crippen MR) is 76.5 cm³/mol. The van der Waals surface area contributed by atoms with Crippen LogP contribution in [0.4, 0.5) is 0 Å². The van der Waals surface area contributed by atoms with E-state index in [9.17, 15) is 4.79 Å². The average Bonchev–Trinajstić information content (AvgIpc) is 2.32. The molecule has 1 amide bonds. The first-order valence-electron chi connectivity index (χ1n) is 6.33. The molecule has 2 unspecified atom stereocenters. The first-order valence-corrected chi connectivity index (χ1v) is 7.13. The van der Waals surface area contributed by atoms with Gasteiger partial charge in [-0.1, -0.05) is 28.1 Å². The molecule has 18 heavy (non-hydrogen) atoms. The van der Waals surface area contributed by atoms with Crippen LogP contribution in [-0.2, 0) is 11.2 Å². The number of nitrogens with one attached hydrogen (secondary N) is 1. The first kappa shape index (κ1) is 13.6. The van der Waals surface area contributed by atoms with Gasteiger partial charge >= 0.3 is 0 Å². The van der Waals surface area contributed by atoms with Crippen LogP contribution in [-0.4, -0.2) is 36.0 Å². The van der Waals surface area contributed by atoms with Gasteiger partial charge in [-0.2, -0.15) is 0 Å². The van der Waals surface area contributed by atoms with Crippen molar-refractivity contribution in [2.24, 2.45) is 0 Å². The van der Waals surface area contributed by atoms with Crippen LogP contribution in [0, 0.1) is 0 Å². The van der Waals surface area contributed by atoms with Crippen molar-refractivity contribution in [3.05, 3.63) is 34.3 Å². The zero-order chi connectivity index (χ0) is 13.1. The number of amides is 1. The van der Waals surface area contributed by atoms with Gasteiger partial charge in [-0.05, 0) is 31.5 Å². The van der Waals surface area contributed by atoms with Crippen molar-refractivity contribution in [3.8, 4) is 0 Å². The monoisotopic (exact) mass is 310 g/mol. The van der Waals surface area contributed by atoms with Gasteiger partial charge in [-0.25, -0.2) is 0 Å². The Balaban J connectivity index is 2.02. The Morgan fingerprint density at radius 2 is 2.28 bits per heavy atom. The second-order valence-corrected chi connectivity index (χ2v) is 5.93. The van der Waals surface area contributed by atoms with Crippen molar-refractivity contribution in [3.63, 3.8) is 0 Å². The van der Waals surface area contributed by atoms with Gasteiger partial charge in [0.1, 0.15) is 0 Å². The summed E-state index contributed by atoms with van der Waals surface area (Å²) in [7, 11) is 0. The van der Waals surface area contributed by atoms with Crippen LogP contribution in [0.1, 0.15) is 19.4 Å².